The number of hydrogen-bond acceptors (Lipinski definition) is 0. The Labute approximate surface area is 106 Å². The lowest BCUT2D eigenvalue weighted by Gasteiger charge is -1.95. The van der Waals surface area contributed by atoms with Crippen molar-refractivity contribution < 1.29 is 21.5 Å². The molecule has 1 heterocycles. The van der Waals surface area contributed by atoms with Gasteiger partial charge in [0, 0.05) is 0 Å². The summed E-state index contributed by atoms with van der Waals surface area (Å²) in [6, 6.07) is 10.4. The van der Waals surface area contributed by atoms with Gasteiger partial charge in [0.2, 0.25) is 6.33 Å². The predicted molar refractivity (Wildman–Crippen MR) is 59.0 cm³/mol. The monoisotopic (exact) mass is 276 g/mol. The maximum absolute atomic E-state index is 5.24. The van der Waals surface area contributed by atoms with Gasteiger partial charge in [0.05, 0.1) is 0 Å². The minimum atomic E-state index is 0. The maximum atomic E-state index is 5.24. The van der Waals surface area contributed by atoms with E-state index in [0.717, 1.165) is 6.54 Å². The molecule has 3 heteroatoms. The molecule has 0 aliphatic carbocycles. The topological polar surface area (TPSA) is 8.81 Å². The first-order valence-electron chi connectivity index (χ1n) is 4.91. The molecule has 2 nitrogen and oxygen atoms in total. The first-order valence-corrected chi connectivity index (χ1v) is 4.91. The molecule has 0 amide bonds. The van der Waals surface area contributed by atoms with Crippen LogP contribution >= 0.6 is 0 Å². The number of hydrogen-bond donors (Lipinski definition) is 0. The Morgan fingerprint density at radius 2 is 2.00 bits per heavy atom. The lowest BCUT2D eigenvalue weighted by atomic mass is 10.2. The summed E-state index contributed by atoms with van der Waals surface area (Å²) in [5.41, 5.74) is 1.29. The molecule has 0 fully saturated rings. The van der Waals surface area contributed by atoms with Crippen LogP contribution in [0.25, 0.3) is 0 Å². The smallest absolute Gasteiger partial charge is 0.244 e. The van der Waals surface area contributed by atoms with E-state index in [1.54, 1.807) is 0 Å². The summed E-state index contributed by atoms with van der Waals surface area (Å²) in [5, 5.41) is 0. The molecular formula is C13H13BrN2. The third-order valence-corrected chi connectivity index (χ3v) is 2.23. The zero-order valence-electron chi connectivity index (χ0n) is 8.88. The van der Waals surface area contributed by atoms with E-state index in [1.165, 1.54) is 5.56 Å². The SMILES string of the molecule is C#CCn1cc[n+](Cc2ccccc2)c1.[Br-]. The van der Waals surface area contributed by atoms with Crippen LogP contribution in [0.15, 0.2) is 49.1 Å². The average molecular weight is 277 g/mol. The third-order valence-electron chi connectivity index (χ3n) is 2.23. The quantitative estimate of drug-likeness (QED) is 0.475. The number of nitrogens with zero attached hydrogens (tertiary/aromatic N) is 2. The van der Waals surface area contributed by atoms with Gasteiger partial charge in [-0.3, -0.25) is 0 Å². The van der Waals surface area contributed by atoms with Crippen molar-refractivity contribution in [1.29, 1.82) is 0 Å². The molecule has 0 spiro atoms. The molecule has 0 radical (unpaired) electrons. The molecule has 2 aromatic rings. The summed E-state index contributed by atoms with van der Waals surface area (Å²) in [6.45, 7) is 1.51. The van der Waals surface area contributed by atoms with E-state index in [2.05, 4.69) is 22.6 Å². The lowest BCUT2D eigenvalue weighted by Crippen LogP contribution is -3.00. The van der Waals surface area contributed by atoms with Gasteiger partial charge in [-0.25, -0.2) is 9.13 Å². The fourth-order valence-corrected chi connectivity index (χ4v) is 1.53. The number of terminal acetylenes is 1. The fourth-order valence-electron chi connectivity index (χ4n) is 1.53. The lowest BCUT2D eigenvalue weighted by molar-refractivity contribution is -0.687. The highest BCUT2D eigenvalue weighted by molar-refractivity contribution is 5.13. The summed E-state index contributed by atoms with van der Waals surface area (Å²) in [7, 11) is 0. The molecule has 16 heavy (non-hydrogen) atoms. The van der Waals surface area contributed by atoms with E-state index in [0.29, 0.717) is 6.54 Å². The van der Waals surface area contributed by atoms with Crippen LogP contribution in [0.3, 0.4) is 0 Å². The van der Waals surface area contributed by atoms with Crippen molar-refractivity contribution in [1.82, 2.24) is 4.57 Å². The van der Waals surface area contributed by atoms with Crippen molar-refractivity contribution in [2.45, 2.75) is 13.1 Å². The molecule has 1 aromatic heterocycles. The first kappa shape index (κ1) is 12.5. The highest BCUT2D eigenvalue weighted by atomic mass is 79.9. The molecule has 0 aliphatic heterocycles. The molecular weight excluding hydrogens is 264 g/mol. The van der Waals surface area contributed by atoms with E-state index < -0.39 is 0 Å². The molecule has 0 bridgehead atoms. The van der Waals surface area contributed by atoms with Crippen molar-refractivity contribution >= 4 is 0 Å². The van der Waals surface area contributed by atoms with Crippen LogP contribution in [-0.4, -0.2) is 4.57 Å². The van der Waals surface area contributed by atoms with Gasteiger partial charge in [-0.2, -0.15) is 0 Å². The summed E-state index contributed by atoms with van der Waals surface area (Å²) in [6.07, 6.45) is 11.3. The van der Waals surface area contributed by atoms with Gasteiger partial charge in [0.25, 0.3) is 0 Å². The van der Waals surface area contributed by atoms with Gasteiger partial charge < -0.3 is 17.0 Å². The molecule has 0 atom stereocenters. The fraction of sp³-hybridized carbons (Fsp3) is 0.154. The van der Waals surface area contributed by atoms with Gasteiger partial charge in [-0.1, -0.05) is 36.3 Å². The maximum Gasteiger partial charge on any atom is 0.244 e. The van der Waals surface area contributed by atoms with E-state index in [4.69, 9.17) is 6.42 Å². The van der Waals surface area contributed by atoms with Crippen molar-refractivity contribution in [3.8, 4) is 12.3 Å². The second-order valence-corrected chi connectivity index (χ2v) is 3.45. The first-order chi connectivity index (χ1) is 7.38. The Bertz CT molecular complexity index is 468. The Balaban J connectivity index is 0.00000128. The summed E-state index contributed by atoms with van der Waals surface area (Å²) in [4.78, 5) is 0. The van der Waals surface area contributed by atoms with Crippen LogP contribution < -0.4 is 21.5 Å². The number of halogens is 1. The minimum Gasteiger partial charge on any atom is -1.00 e. The van der Waals surface area contributed by atoms with Gasteiger partial charge in [-0.05, 0) is 5.56 Å². The highest BCUT2D eigenvalue weighted by Gasteiger charge is 2.02. The van der Waals surface area contributed by atoms with Crippen LogP contribution in [-0.2, 0) is 13.1 Å². The van der Waals surface area contributed by atoms with Crippen molar-refractivity contribution in [3.05, 3.63) is 54.6 Å². The van der Waals surface area contributed by atoms with E-state index in [-0.39, 0.29) is 17.0 Å². The molecule has 82 valence electrons. The van der Waals surface area contributed by atoms with E-state index in [9.17, 15) is 0 Å². The Hall–Kier alpha value is -1.53. The minimum absolute atomic E-state index is 0. The van der Waals surface area contributed by atoms with Gasteiger partial charge in [-0.15, -0.1) is 6.42 Å². The number of benzene rings is 1. The largest absolute Gasteiger partial charge is 1.00 e. The highest BCUT2D eigenvalue weighted by Crippen LogP contribution is 1.97. The van der Waals surface area contributed by atoms with Crippen LogP contribution in [0, 0.1) is 12.3 Å². The van der Waals surface area contributed by atoms with Crippen LogP contribution in [0.1, 0.15) is 5.56 Å². The summed E-state index contributed by atoms with van der Waals surface area (Å²) < 4.78 is 4.11. The summed E-state index contributed by atoms with van der Waals surface area (Å²) >= 11 is 0. The normalized spacial score (nSPS) is 9.19. The van der Waals surface area contributed by atoms with Gasteiger partial charge in [0.15, 0.2) is 6.54 Å². The molecule has 1 aromatic carbocycles. The number of aromatic nitrogens is 2. The zero-order chi connectivity index (χ0) is 10.5. The second kappa shape index (κ2) is 6.14. The van der Waals surface area contributed by atoms with E-state index in [1.807, 2.05) is 41.5 Å². The van der Waals surface area contributed by atoms with Crippen LogP contribution in [0.2, 0.25) is 0 Å². The predicted octanol–water partition coefficient (Wildman–Crippen LogP) is -1.54. The Kier molecular flexibility index (Phi) is 4.81. The number of rotatable bonds is 3. The number of imidazole rings is 1. The Morgan fingerprint density at radius 3 is 2.69 bits per heavy atom. The van der Waals surface area contributed by atoms with Gasteiger partial charge >= 0.3 is 0 Å². The van der Waals surface area contributed by atoms with Crippen LogP contribution in [0.4, 0.5) is 0 Å². The van der Waals surface area contributed by atoms with E-state index >= 15 is 0 Å². The average Bonchev–Trinajstić information content (AvgIpc) is 2.68. The van der Waals surface area contributed by atoms with Gasteiger partial charge in [0.1, 0.15) is 18.9 Å². The Morgan fingerprint density at radius 1 is 1.25 bits per heavy atom. The molecule has 0 N–H and O–H groups in total. The standard InChI is InChI=1S/C13H13N2.BrH/c1-2-8-14-9-10-15(12-14)11-13-6-4-3-5-7-13;/h1,3-7,9-10,12H,8,11H2;1H/q+1;/p-1. The third kappa shape index (κ3) is 3.25. The molecule has 0 saturated heterocycles. The second-order valence-electron chi connectivity index (χ2n) is 3.45. The summed E-state index contributed by atoms with van der Waals surface area (Å²) in [5.74, 6) is 2.61. The molecule has 0 saturated carbocycles. The van der Waals surface area contributed by atoms with Crippen molar-refractivity contribution in [2.75, 3.05) is 0 Å². The molecule has 0 unspecified atom stereocenters. The van der Waals surface area contributed by atoms with Crippen molar-refractivity contribution in [2.24, 2.45) is 0 Å². The van der Waals surface area contributed by atoms with Crippen LogP contribution in [0.5, 0.6) is 0 Å². The molecule has 2 rings (SSSR count). The molecule has 0 aliphatic rings. The van der Waals surface area contributed by atoms with Crippen molar-refractivity contribution in [3.63, 3.8) is 0 Å². The zero-order valence-corrected chi connectivity index (χ0v) is 10.5.